The molecule has 0 radical (unpaired) electrons. The Hall–Kier alpha value is -2.35. The number of hydrogen-bond donors (Lipinski definition) is 3. The average Bonchev–Trinajstić information content (AvgIpc) is 2.42. The van der Waals surface area contributed by atoms with Gasteiger partial charge in [0.15, 0.2) is 0 Å². The first-order valence-electron chi connectivity index (χ1n) is 6.46. The summed E-state index contributed by atoms with van der Waals surface area (Å²) in [5.41, 5.74) is -0.318. The molecule has 0 amide bonds. The molecule has 2 aromatic rings. The van der Waals surface area contributed by atoms with Crippen LogP contribution >= 0.6 is 0 Å². The average molecular weight is 313 g/mol. The maximum absolute atomic E-state index is 12.6. The van der Waals surface area contributed by atoms with Crippen LogP contribution < -0.4 is 10.9 Å². The number of rotatable bonds is 4. The molecule has 8 heteroatoms. The molecule has 0 aliphatic heterocycles. The van der Waals surface area contributed by atoms with Crippen molar-refractivity contribution in [2.24, 2.45) is 0 Å². The van der Waals surface area contributed by atoms with Gasteiger partial charge in [-0.25, -0.2) is 4.98 Å². The molecule has 0 atom stereocenters. The van der Waals surface area contributed by atoms with Gasteiger partial charge in [-0.05, 0) is 25.1 Å². The van der Waals surface area contributed by atoms with E-state index in [9.17, 15) is 18.0 Å². The van der Waals surface area contributed by atoms with Gasteiger partial charge in [0.1, 0.15) is 0 Å². The summed E-state index contributed by atoms with van der Waals surface area (Å²) in [7, 11) is 0. The monoisotopic (exact) mass is 313 g/mol. The van der Waals surface area contributed by atoms with Gasteiger partial charge in [0.2, 0.25) is 5.95 Å². The van der Waals surface area contributed by atoms with Crippen molar-refractivity contribution in [3.63, 3.8) is 0 Å². The lowest BCUT2D eigenvalue weighted by Gasteiger charge is -2.11. The first-order valence-corrected chi connectivity index (χ1v) is 6.46. The largest absolute Gasteiger partial charge is 0.416 e. The Morgan fingerprint density at radius 3 is 2.68 bits per heavy atom. The lowest BCUT2D eigenvalue weighted by molar-refractivity contribution is -0.137. The van der Waals surface area contributed by atoms with Crippen LogP contribution in [0.25, 0.3) is 0 Å². The van der Waals surface area contributed by atoms with Crippen molar-refractivity contribution in [1.82, 2.24) is 9.97 Å². The predicted octanol–water partition coefficient (Wildman–Crippen LogP) is 2.38. The molecule has 3 N–H and O–H groups in total. The molecule has 2 rings (SSSR count). The number of aromatic nitrogens is 2. The van der Waals surface area contributed by atoms with E-state index in [0.29, 0.717) is 11.3 Å². The van der Waals surface area contributed by atoms with Crippen LogP contribution in [0, 0.1) is 6.92 Å². The third kappa shape index (κ3) is 3.64. The summed E-state index contributed by atoms with van der Waals surface area (Å²) in [5.74, 6) is 0.0449. The first-order chi connectivity index (χ1) is 10.3. The van der Waals surface area contributed by atoms with Gasteiger partial charge < -0.3 is 10.4 Å². The Morgan fingerprint density at radius 2 is 2.09 bits per heavy atom. The normalized spacial score (nSPS) is 11.5. The van der Waals surface area contributed by atoms with Crippen LogP contribution in [0.4, 0.5) is 24.8 Å². The van der Waals surface area contributed by atoms with Crippen LogP contribution in [0.15, 0.2) is 29.1 Å². The quantitative estimate of drug-likeness (QED) is 0.810. The number of H-pyrrole nitrogens is 1. The number of nitrogens with zero attached hydrogens (tertiary/aromatic N) is 1. The molecule has 22 heavy (non-hydrogen) atoms. The van der Waals surface area contributed by atoms with E-state index in [2.05, 4.69) is 15.3 Å². The molecule has 0 aliphatic carbocycles. The van der Waals surface area contributed by atoms with Gasteiger partial charge in [0, 0.05) is 24.3 Å². The molecule has 0 saturated heterocycles. The molecule has 1 aromatic heterocycles. The fourth-order valence-corrected chi connectivity index (χ4v) is 1.99. The molecule has 1 heterocycles. The highest BCUT2D eigenvalue weighted by atomic mass is 19.4. The Kier molecular flexibility index (Phi) is 4.51. The summed E-state index contributed by atoms with van der Waals surface area (Å²) in [6.07, 6.45) is -4.28. The molecular weight excluding hydrogens is 299 g/mol. The van der Waals surface area contributed by atoms with Gasteiger partial charge in [0.25, 0.3) is 5.56 Å². The summed E-state index contributed by atoms with van der Waals surface area (Å²) < 4.78 is 37.9. The van der Waals surface area contributed by atoms with Crippen molar-refractivity contribution in [1.29, 1.82) is 0 Å². The minimum atomic E-state index is -4.45. The van der Waals surface area contributed by atoms with Gasteiger partial charge in [-0.15, -0.1) is 0 Å². The van der Waals surface area contributed by atoms with E-state index in [-0.39, 0.29) is 24.7 Å². The third-order valence-electron chi connectivity index (χ3n) is 3.04. The Bertz CT molecular complexity index is 726. The van der Waals surface area contributed by atoms with E-state index in [0.717, 1.165) is 12.1 Å². The maximum Gasteiger partial charge on any atom is 0.416 e. The van der Waals surface area contributed by atoms with Gasteiger partial charge in [-0.3, -0.25) is 9.78 Å². The summed E-state index contributed by atoms with van der Waals surface area (Å²) >= 11 is 0. The lowest BCUT2D eigenvalue weighted by Crippen LogP contribution is -2.19. The molecule has 0 fully saturated rings. The number of aryl methyl sites for hydroxylation is 1. The van der Waals surface area contributed by atoms with E-state index in [1.165, 1.54) is 12.1 Å². The number of halogens is 3. The molecule has 118 valence electrons. The van der Waals surface area contributed by atoms with Crippen molar-refractivity contribution in [2.75, 3.05) is 11.9 Å². The fourth-order valence-electron chi connectivity index (χ4n) is 1.99. The summed E-state index contributed by atoms with van der Waals surface area (Å²) in [6.45, 7) is 1.41. The third-order valence-corrected chi connectivity index (χ3v) is 3.04. The summed E-state index contributed by atoms with van der Waals surface area (Å²) in [5, 5.41) is 11.5. The molecule has 0 spiro atoms. The van der Waals surface area contributed by atoms with E-state index in [1.54, 1.807) is 6.92 Å². The van der Waals surface area contributed by atoms with Crippen LogP contribution in [0.2, 0.25) is 0 Å². The van der Waals surface area contributed by atoms with Crippen LogP contribution in [0.1, 0.15) is 16.8 Å². The lowest BCUT2D eigenvalue weighted by atomic mass is 10.2. The number of aliphatic hydroxyl groups is 1. The van der Waals surface area contributed by atoms with E-state index < -0.39 is 17.3 Å². The zero-order valence-electron chi connectivity index (χ0n) is 11.7. The van der Waals surface area contributed by atoms with Gasteiger partial charge in [-0.2, -0.15) is 13.2 Å². The molecule has 0 bridgehead atoms. The number of aromatic amines is 1. The van der Waals surface area contributed by atoms with Crippen molar-refractivity contribution >= 4 is 11.6 Å². The Labute approximate surface area is 123 Å². The second kappa shape index (κ2) is 6.18. The second-order valence-corrected chi connectivity index (χ2v) is 4.66. The predicted molar refractivity (Wildman–Crippen MR) is 75.1 cm³/mol. The Balaban J connectivity index is 2.30. The topological polar surface area (TPSA) is 78.0 Å². The maximum atomic E-state index is 12.6. The number of alkyl halides is 3. The highest BCUT2D eigenvalue weighted by Crippen LogP contribution is 2.31. The van der Waals surface area contributed by atoms with Crippen LogP contribution in [-0.4, -0.2) is 21.7 Å². The fraction of sp³-hybridized carbons (Fsp3) is 0.286. The van der Waals surface area contributed by atoms with E-state index >= 15 is 0 Å². The highest BCUT2D eigenvalue weighted by Gasteiger charge is 2.30. The highest BCUT2D eigenvalue weighted by molar-refractivity contribution is 5.54. The minimum Gasteiger partial charge on any atom is -0.396 e. The van der Waals surface area contributed by atoms with Crippen molar-refractivity contribution < 1.29 is 18.3 Å². The smallest absolute Gasteiger partial charge is 0.396 e. The van der Waals surface area contributed by atoms with E-state index in [4.69, 9.17) is 5.11 Å². The molecule has 0 saturated carbocycles. The van der Waals surface area contributed by atoms with E-state index in [1.807, 2.05) is 0 Å². The number of hydrogen-bond acceptors (Lipinski definition) is 4. The van der Waals surface area contributed by atoms with Crippen molar-refractivity contribution in [2.45, 2.75) is 19.5 Å². The molecule has 1 aromatic carbocycles. The molecular formula is C14H14F3N3O2. The summed E-state index contributed by atoms with van der Waals surface area (Å²) in [6, 6.07) is 4.58. The number of benzene rings is 1. The minimum absolute atomic E-state index is 0.0449. The van der Waals surface area contributed by atoms with Crippen molar-refractivity contribution in [3.8, 4) is 0 Å². The zero-order valence-corrected chi connectivity index (χ0v) is 11.7. The van der Waals surface area contributed by atoms with Crippen LogP contribution in [0.3, 0.4) is 0 Å². The standard InChI is InChI=1S/C14H14F3N3O2/c1-8-11(5-6-21)12(22)20-13(18-8)19-10-4-2-3-9(7-10)14(15,16)17/h2-4,7,21H,5-6H2,1H3,(H2,18,19,20,22). The summed E-state index contributed by atoms with van der Waals surface area (Å²) in [4.78, 5) is 18.4. The molecule has 0 unspecified atom stereocenters. The van der Waals surface area contributed by atoms with Gasteiger partial charge >= 0.3 is 6.18 Å². The number of anilines is 2. The number of nitrogens with one attached hydrogen (secondary N) is 2. The van der Waals surface area contributed by atoms with Gasteiger partial charge in [-0.1, -0.05) is 6.07 Å². The second-order valence-electron chi connectivity index (χ2n) is 4.66. The molecule has 5 nitrogen and oxygen atoms in total. The molecule has 0 aliphatic rings. The number of aliphatic hydroxyl groups excluding tert-OH is 1. The van der Waals surface area contributed by atoms with Crippen LogP contribution in [0.5, 0.6) is 0 Å². The SMILES string of the molecule is Cc1nc(Nc2cccc(C(F)(F)F)c2)[nH]c(=O)c1CCO. The van der Waals surface area contributed by atoms with Crippen molar-refractivity contribution in [3.05, 3.63) is 51.4 Å². The zero-order chi connectivity index (χ0) is 16.3. The Morgan fingerprint density at radius 1 is 1.36 bits per heavy atom. The van der Waals surface area contributed by atoms with Crippen LogP contribution in [-0.2, 0) is 12.6 Å². The first kappa shape index (κ1) is 16.0. The van der Waals surface area contributed by atoms with Gasteiger partial charge in [0.05, 0.1) is 11.3 Å².